The molecule has 1 aromatic carbocycles. The summed E-state index contributed by atoms with van der Waals surface area (Å²) in [6.45, 7) is -0.234. The molecule has 2 N–H and O–H groups in total. The average Bonchev–Trinajstić information content (AvgIpc) is 2.96. The van der Waals surface area contributed by atoms with Gasteiger partial charge < -0.3 is 10.4 Å². The zero-order valence-electron chi connectivity index (χ0n) is 8.74. The van der Waals surface area contributed by atoms with E-state index >= 15 is 0 Å². The molecule has 5 nitrogen and oxygen atoms in total. The van der Waals surface area contributed by atoms with Crippen molar-refractivity contribution in [1.82, 2.24) is 0 Å². The van der Waals surface area contributed by atoms with E-state index in [1.54, 1.807) is 0 Å². The normalized spacial score (nSPS) is 16.6. The Morgan fingerprint density at radius 3 is 2.59 bits per heavy atom. The summed E-state index contributed by atoms with van der Waals surface area (Å²) in [7, 11) is 0. The van der Waals surface area contributed by atoms with Gasteiger partial charge in [-0.15, -0.1) is 0 Å². The smallest absolute Gasteiger partial charge is 0.327 e. The van der Waals surface area contributed by atoms with E-state index < -0.39 is 27.8 Å². The molecule has 7 heteroatoms. The van der Waals surface area contributed by atoms with Gasteiger partial charge in [-0.3, -0.25) is 10.1 Å². The van der Waals surface area contributed by atoms with E-state index in [9.17, 15) is 18.9 Å². The van der Waals surface area contributed by atoms with E-state index in [1.165, 1.54) is 0 Å². The molecule has 1 fully saturated rings. The Morgan fingerprint density at radius 2 is 2.12 bits per heavy atom. The van der Waals surface area contributed by atoms with Crippen molar-refractivity contribution in [2.24, 2.45) is 0 Å². The van der Waals surface area contributed by atoms with Crippen LogP contribution in [0.2, 0.25) is 0 Å². The monoisotopic (exact) mass is 244 g/mol. The number of aliphatic hydroxyl groups excluding tert-OH is 1. The third-order valence-electron chi connectivity index (χ3n) is 2.77. The molecule has 0 spiro atoms. The maximum atomic E-state index is 13.3. The molecule has 0 heterocycles. The number of nitrogens with one attached hydrogen (secondary N) is 1. The molecule has 2 rings (SSSR count). The van der Waals surface area contributed by atoms with Crippen LogP contribution in [0.15, 0.2) is 12.1 Å². The van der Waals surface area contributed by atoms with E-state index in [0.717, 1.165) is 6.07 Å². The Labute approximate surface area is 95.2 Å². The summed E-state index contributed by atoms with van der Waals surface area (Å²) in [4.78, 5) is 9.78. The fourth-order valence-electron chi connectivity index (χ4n) is 1.61. The predicted molar refractivity (Wildman–Crippen MR) is 55.7 cm³/mol. The second-order valence-corrected chi connectivity index (χ2v) is 4.10. The lowest BCUT2D eigenvalue weighted by molar-refractivity contribution is -0.386. The number of anilines is 1. The van der Waals surface area contributed by atoms with Crippen LogP contribution in [-0.4, -0.2) is 22.2 Å². The zero-order chi connectivity index (χ0) is 12.6. The number of hydrogen-bond donors (Lipinski definition) is 2. The highest BCUT2D eigenvalue weighted by Gasteiger charge is 2.43. The van der Waals surface area contributed by atoms with Crippen LogP contribution in [0.25, 0.3) is 0 Å². The highest BCUT2D eigenvalue weighted by atomic mass is 19.1. The molecule has 1 aromatic rings. The van der Waals surface area contributed by atoms with Crippen molar-refractivity contribution in [3.05, 3.63) is 33.9 Å². The summed E-state index contributed by atoms with van der Waals surface area (Å²) >= 11 is 0. The van der Waals surface area contributed by atoms with Crippen LogP contribution in [-0.2, 0) is 0 Å². The van der Waals surface area contributed by atoms with Crippen LogP contribution in [0.4, 0.5) is 20.2 Å². The third kappa shape index (κ3) is 2.19. The van der Waals surface area contributed by atoms with Gasteiger partial charge in [-0.25, -0.2) is 4.39 Å². The highest BCUT2D eigenvalue weighted by Crippen LogP contribution is 2.41. The van der Waals surface area contributed by atoms with Crippen LogP contribution < -0.4 is 5.32 Å². The summed E-state index contributed by atoms with van der Waals surface area (Å²) in [6, 6.07) is 1.32. The maximum Gasteiger partial charge on any atom is 0.327 e. The molecule has 0 bridgehead atoms. The van der Waals surface area contributed by atoms with Crippen LogP contribution >= 0.6 is 0 Å². The minimum absolute atomic E-state index is 0.234. The van der Waals surface area contributed by atoms with Crippen molar-refractivity contribution in [2.45, 2.75) is 18.4 Å². The van der Waals surface area contributed by atoms with Crippen molar-refractivity contribution >= 4 is 11.4 Å². The van der Waals surface area contributed by atoms with Crippen molar-refractivity contribution in [3.8, 4) is 0 Å². The minimum Gasteiger partial charge on any atom is -0.394 e. The number of rotatable bonds is 4. The first kappa shape index (κ1) is 11.7. The lowest BCUT2D eigenvalue weighted by Crippen LogP contribution is -2.26. The Hall–Kier alpha value is -1.76. The van der Waals surface area contributed by atoms with Crippen LogP contribution in [0.3, 0.4) is 0 Å². The molecule has 1 aliphatic rings. The first-order valence-electron chi connectivity index (χ1n) is 5.00. The van der Waals surface area contributed by atoms with Gasteiger partial charge in [0.15, 0.2) is 0 Å². The number of hydrogen-bond acceptors (Lipinski definition) is 4. The first-order valence-corrected chi connectivity index (χ1v) is 5.00. The molecular formula is C10H10F2N2O3. The largest absolute Gasteiger partial charge is 0.394 e. The lowest BCUT2D eigenvalue weighted by atomic mass is 10.2. The molecule has 0 saturated heterocycles. The van der Waals surface area contributed by atoms with E-state index in [2.05, 4.69) is 5.32 Å². The van der Waals surface area contributed by atoms with Crippen LogP contribution in [0.1, 0.15) is 12.8 Å². The van der Waals surface area contributed by atoms with E-state index in [4.69, 9.17) is 5.11 Å². The number of nitro groups is 1. The van der Waals surface area contributed by atoms with Gasteiger partial charge in [0, 0.05) is 12.1 Å². The van der Waals surface area contributed by atoms with Crippen molar-refractivity contribution in [1.29, 1.82) is 0 Å². The second kappa shape index (κ2) is 3.92. The molecule has 0 amide bonds. The quantitative estimate of drug-likeness (QED) is 0.625. The van der Waals surface area contributed by atoms with Gasteiger partial charge in [0.2, 0.25) is 5.82 Å². The number of halogens is 2. The number of nitro benzene ring substituents is 1. The fourth-order valence-corrected chi connectivity index (χ4v) is 1.61. The summed E-state index contributed by atoms with van der Waals surface area (Å²) in [5.41, 5.74) is -1.71. The predicted octanol–water partition coefficient (Wildman–Crippen LogP) is 1.81. The van der Waals surface area contributed by atoms with Crippen LogP contribution in [0, 0.1) is 21.7 Å². The van der Waals surface area contributed by atoms with Gasteiger partial charge in [-0.05, 0) is 12.8 Å². The Bertz CT molecular complexity index is 475. The van der Waals surface area contributed by atoms with Gasteiger partial charge in [-0.1, -0.05) is 0 Å². The number of aliphatic hydroxyl groups is 1. The minimum atomic E-state index is -1.23. The second-order valence-electron chi connectivity index (χ2n) is 4.10. The molecule has 1 aliphatic carbocycles. The standard InChI is InChI=1S/C10H10F2N2O3/c11-6-3-7(12)9(14(16)17)8(4-6)13-10(5-15)1-2-10/h3-4,13,15H,1-2,5H2. The lowest BCUT2D eigenvalue weighted by Gasteiger charge is -2.15. The highest BCUT2D eigenvalue weighted by molar-refractivity contribution is 5.64. The van der Waals surface area contributed by atoms with E-state index in [1.807, 2.05) is 0 Å². The van der Waals surface area contributed by atoms with Crippen molar-refractivity contribution in [2.75, 3.05) is 11.9 Å². The molecule has 1 saturated carbocycles. The van der Waals surface area contributed by atoms with Gasteiger partial charge in [0.05, 0.1) is 17.1 Å². The Morgan fingerprint density at radius 1 is 1.47 bits per heavy atom. The van der Waals surface area contributed by atoms with Crippen molar-refractivity contribution in [3.63, 3.8) is 0 Å². The zero-order valence-corrected chi connectivity index (χ0v) is 8.74. The summed E-state index contributed by atoms with van der Waals surface area (Å²) in [5, 5.41) is 22.4. The fraction of sp³-hybridized carbons (Fsp3) is 0.400. The van der Waals surface area contributed by atoms with E-state index in [0.29, 0.717) is 18.9 Å². The Kier molecular flexibility index (Phi) is 2.70. The average molecular weight is 244 g/mol. The number of benzene rings is 1. The van der Waals surface area contributed by atoms with Gasteiger partial charge >= 0.3 is 5.69 Å². The SMILES string of the molecule is O=[N+]([O-])c1c(F)cc(F)cc1NC1(CO)CC1. The topological polar surface area (TPSA) is 75.4 Å². The third-order valence-corrected chi connectivity index (χ3v) is 2.77. The molecule has 0 aliphatic heterocycles. The van der Waals surface area contributed by atoms with Gasteiger partial charge in [0.1, 0.15) is 11.5 Å². The summed E-state index contributed by atoms with van der Waals surface area (Å²) < 4.78 is 26.3. The molecule has 17 heavy (non-hydrogen) atoms. The van der Waals surface area contributed by atoms with Crippen molar-refractivity contribution < 1.29 is 18.8 Å². The molecular weight excluding hydrogens is 234 g/mol. The van der Waals surface area contributed by atoms with Crippen LogP contribution in [0.5, 0.6) is 0 Å². The molecule has 0 aromatic heterocycles. The first-order chi connectivity index (χ1) is 7.97. The summed E-state index contributed by atoms with van der Waals surface area (Å²) in [5.74, 6) is -2.13. The molecule has 0 unspecified atom stereocenters. The van der Waals surface area contributed by atoms with Gasteiger partial charge in [0.25, 0.3) is 0 Å². The molecule has 0 atom stereocenters. The Balaban J connectivity index is 2.41. The molecule has 92 valence electrons. The van der Waals surface area contributed by atoms with Gasteiger partial charge in [-0.2, -0.15) is 4.39 Å². The van der Waals surface area contributed by atoms with E-state index in [-0.39, 0.29) is 12.3 Å². The summed E-state index contributed by atoms with van der Waals surface area (Å²) in [6.07, 6.45) is 1.22. The molecule has 0 radical (unpaired) electrons. The maximum absolute atomic E-state index is 13.3. The number of nitrogens with zero attached hydrogens (tertiary/aromatic N) is 1.